The molecule has 0 amide bonds. The first-order valence-corrected chi connectivity index (χ1v) is 7.54. The molecule has 1 aromatic rings. The van der Waals surface area contributed by atoms with Gasteiger partial charge in [0.15, 0.2) is 0 Å². The molecule has 0 aliphatic heterocycles. The van der Waals surface area contributed by atoms with Gasteiger partial charge in [-0.3, -0.25) is 4.90 Å². The summed E-state index contributed by atoms with van der Waals surface area (Å²) in [5, 5.41) is 10.3. The molecular weight excluding hydrogens is 234 g/mol. The highest BCUT2D eigenvalue weighted by Crippen LogP contribution is 2.30. The summed E-state index contributed by atoms with van der Waals surface area (Å²) in [5.74, 6) is 0.785. The molecule has 106 valence electrons. The second kappa shape index (κ2) is 6.53. The molecule has 19 heavy (non-hydrogen) atoms. The number of hydrogen-bond acceptors (Lipinski definition) is 2. The fraction of sp³-hybridized carbons (Fsp3) is 0.647. The second-order valence-electron chi connectivity index (χ2n) is 6.06. The fourth-order valence-corrected chi connectivity index (χ4v) is 3.23. The van der Waals surface area contributed by atoms with Crippen molar-refractivity contribution in [2.24, 2.45) is 5.92 Å². The average Bonchev–Trinajstić information content (AvgIpc) is 2.42. The van der Waals surface area contributed by atoms with Crippen molar-refractivity contribution in [1.82, 2.24) is 4.90 Å². The van der Waals surface area contributed by atoms with E-state index in [0.29, 0.717) is 6.04 Å². The van der Waals surface area contributed by atoms with Crippen molar-refractivity contribution in [2.45, 2.75) is 58.2 Å². The predicted molar refractivity (Wildman–Crippen MR) is 80.1 cm³/mol. The van der Waals surface area contributed by atoms with Crippen molar-refractivity contribution < 1.29 is 5.11 Å². The average molecular weight is 261 g/mol. The number of aliphatic hydroxyl groups excluding tert-OH is 1. The Hall–Kier alpha value is -0.860. The van der Waals surface area contributed by atoms with Gasteiger partial charge in [-0.15, -0.1) is 0 Å². The Kier molecular flexibility index (Phi) is 5.00. The van der Waals surface area contributed by atoms with Crippen LogP contribution in [0.2, 0.25) is 0 Å². The Morgan fingerprint density at radius 1 is 1.26 bits per heavy atom. The van der Waals surface area contributed by atoms with Crippen LogP contribution in [0, 0.1) is 12.8 Å². The molecular formula is C17H27NO. The summed E-state index contributed by atoms with van der Waals surface area (Å²) in [6.07, 6.45) is 4.37. The number of rotatable bonds is 4. The van der Waals surface area contributed by atoms with E-state index in [4.69, 9.17) is 0 Å². The lowest BCUT2D eigenvalue weighted by Gasteiger charge is -2.39. The molecule has 1 saturated carbocycles. The van der Waals surface area contributed by atoms with Gasteiger partial charge in [-0.25, -0.2) is 0 Å². The van der Waals surface area contributed by atoms with E-state index in [1.165, 1.54) is 24.0 Å². The SMILES string of the molecule is CCC1CCC(O)C(N(C)Cc2ccccc2C)C1. The highest BCUT2D eigenvalue weighted by Gasteiger charge is 2.31. The third-order valence-corrected chi connectivity index (χ3v) is 4.71. The minimum Gasteiger partial charge on any atom is -0.391 e. The third kappa shape index (κ3) is 3.58. The van der Waals surface area contributed by atoms with E-state index in [0.717, 1.165) is 25.3 Å². The summed E-state index contributed by atoms with van der Waals surface area (Å²) in [5.41, 5.74) is 2.71. The van der Waals surface area contributed by atoms with E-state index in [1.54, 1.807) is 0 Å². The molecule has 0 heterocycles. The molecule has 1 aromatic carbocycles. The van der Waals surface area contributed by atoms with Crippen LogP contribution in [0.15, 0.2) is 24.3 Å². The van der Waals surface area contributed by atoms with Crippen molar-refractivity contribution in [1.29, 1.82) is 0 Å². The van der Waals surface area contributed by atoms with Crippen LogP contribution in [0.25, 0.3) is 0 Å². The monoisotopic (exact) mass is 261 g/mol. The molecule has 1 fully saturated rings. The molecule has 2 heteroatoms. The molecule has 1 aliphatic rings. The van der Waals surface area contributed by atoms with Crippen LogP contribution < -0.4 is 0 Å². The number of benzene rings is 1. The summed E-state index contributed by atoms with van der Waals surface area (Å²) in [4.78, 5) is 2.34. The van der Waals surface area contributed by atoms with Crippen molar-refractivity contribution in [2.75, 3.05) is 7.05 Å². The topological polar surface area (TPSA) is 23.5 Å². The van der Waals surface area contributed by atoms with Gasteiger partial charge in [-0.05, 0) is 50.3 Å². The molecule has 0 spiro atoms. The van der Waals surface area contributed by atoms with Gasteiger partial charge in [0.25, 0.3) is 0 Å². The number of likely N-dealkylation sites (N-methyl/N-ethyl adjacent to an activating group) is 1. The maximum atomic E-state index is 10.3. The summed E-state index contributed by atoms with van der Waals surface area (Å²) < 4.78 is 0. The van der Waals surface area contributed by atoms with Gasteiger partial charge in [-0.1, -0.05) is 37.6 Å². The fourth-order valence-electron chi connectivity index (χ4n) is 3.23. The Labute approximate surface area is 117 Å². The van der Waals surface area contributed by atoms with E-state index in [-0.39, 0.29) is 6.10 Å². The van der Waals surface area contributed by atoms with Crippen LogP contribution in [0.3, 0.4) is 0 Å². The first-order valence-electron chi connectivity index (χ1n) is 7.54. The van der Waals surface area contributed by atoms with Crippen LogP contribution in [-0.2, 0) is 6.54 Å². The van der Waals surface area contributed by atoms with Crippen molar-refractivity contribution in [3.8, 4) is 0 Å². The standard InChI is InChI=1S/C17H27NO/c1-4-14-9-10-17(19)16(11-14)18(3)12-15-8-6-5-7-13(15)2/h5-8,14,16-17,19H,4,9-12H2,1-3H3. The third-order valence-electron chi connectivity index (χ3n) is 4.71. The van der Waals surface area contributed by atoms with Crippen molar-refractivity contribution in [3.63, 3.8) is 0 Å². The van der Waals surface area contributed by atoms with Crippen LogP contribution >= 0.6 is 0 Å². The van der Waals surface area contributed by atoms with E-state index in [1.807, 2.05) is 0 Å². The maximum absolute atomic E-state index is 10.3. The van der Waals surface area contributed by atoms with Crippen molar-refractivity contribution >= 4 is 0 Å². The lowest BCUT2D eigenvalue weighted by molar-refractivity contribution is 0.0104. The van der Waals surface area contributed by atoms with Gasteiger partial charge >= 0.3 is 0 Å². The Morgan fingerprint density at radius 3 is 2.68 bits per heavy atom. The first kappa shape index (κ1) is 14.5. The van der Waals surface area contributed by atoms with Crippen LogP contribution in [0.1, 0.15) is 43.7 Å². The lowest BCUT2D eigenvalue weighted by atomic mass is 9.81. The number of hydrogen-bond donors (Lipinski definition) is 1. The first-order chi connectivity index (χ1) is 9.11. The lowest BCUT2D eigenvalue weighted by Crippen LogP contribution is -2.45. The maximum Gasteiger partial charge on any atom is 0.0695 e. The molecule has 3 unspecified atom stereocenters. The van der Waals surface area contributed by atoms with E-state index in [9.17, 15) is 5.11 Å². The number of aryl methyl sites for hydroxylation is 1. The van der Waals surface area contributed by atoms with Crippen LogP contribution in [0.4, 0.5) is 0 Å². The predicted octanol–water partition coefficient (Wildman–Crippen LogP) is 3.37. The summed E-state index contributed by atoms with van der Waals surface area (Å²) in [6, 6.07) is 8.86. The van der Waals surface area contributed by atoms with Gasteiger partial charge in [0, 0.05) is 12.6 Å². The molecule has 0 saturated heterocycles. The molecule has 0 aromatic heterocycles. The quantitative estimate of drug-likeness (QED) is 0.898. The smallest absolute Gasteiger partial charge is 0.0695 e. The highest BCUT2D eigenvalue weighted by atomic mass is 16.3. The van der Waals surface area contributed by atoms with Gasteiger partial charge in [0.05, 0.1) is 6.10 Å². The number of nitrogens with zero attached hydrogens (tertiary/aromatic N) is 1. The molecule has 2 nitrogen and oxygen atoms in total. The second-order valence-corrected chi connectivity index (χ2v) is 6.06. The number of aliphatic hydroxyl groups is 1. The molecule has 0 radical (unpaired) electrons. The highest BCUT2D eigenvalue weighted by molar-refractivity contribution is 5.25. The zero-order valence-electron chi connectivity index (χ0n) is 12.5. The van der Waals surface area contributed by atoms with Gasteiger partial charge in [0.1, 0.15) is 0 Å². The molecule has 1 aliphatic carbocycles. The van der Waals surface area contributed by atoms with Gasteiger partial charge < -0.3 is 5.11 Å². The van der Waals surface area contributed by atoms with E-state index >= 15 is 0 Å². The zero-order valence-corrected chi connectivity index (χ0v) is 12.5. The van der Waals surface area contributed by atoms with Gasteiger partial charge in [-0.2, -0.15) is 0 Å². The minimum atomic E-state index is -0.156. The van der Waals surface area contributed by atoms with Crippen LogP contribution in [0.5, 0.6) is 0 Å². The van der Waals surface area contributed by atoms with Gasteiger partial charge in [0.2, 0.25) is 0 Å². The largest absolute Gasteiger partial charge is 0.391 e. The molecule has 1 N–H and O–H groups in total. The Bertz CT molecular complexity index is 404. The summed E-state index contributed by atoms with van der Waals surface area (Å²) in [6.45, 7) is 5.36. The minimum absolute atomic E-state index is 0.156. The summed E-state index contributed by atoms with van der Waals surface area (Å²) >= 11 is 0. The normalized spacial score (nSPS) is 27.7. The van der Waals surface area contributed by atoms with E-state index < -0.39 is 0 Å². The molecule has 3 atom stereocenters. The molecule has 2 rings (SSSR count). The summed E-state index contributed by atoms with van der Waals surface area (Å²) in [7, 11) is 2.15. The van der Waals surface area contributed by atoms with Crippen molar-refractivity contribution in [3.05, 3.63) is 35.4 Å². The Morgan fingerprint density at radius 2 is 2.00 bits per heavy atom. The molecule has 0 bridgehead atoms. The van der Waals surface area contributed by atoms with Crippen LogP contribution in [-0.4, -0.2) is 29.2 Å². The zero-order chi connectivity index (χ0) is 13.8. The Balaban J connectivity index is 2.02. The van der Waals surface area contributed by atoms with E-state index in [2.05, 4.69) is 50.1 Å².